The molecule has 0 aliphatic carbocycles. The number of hydrogen-bond donors (Lipinski definition) is 1. The fourth-order valence-corrected chi connectivity index (χ4v) is 6.62. The Morgan fingerprint density at radius 1 is 0.826 bits per heavy atom. The van der Waals surface area contributed by atoms with Crippen LogP contribution in [0, 0.1) is 0 Å². The van der Waals surface area contributed by atoms with E-state index in [1.165, 1.54) is 64.9 Å². The molecule has 1 N–H and O–H groups in total. The van der Waals surface area contributed by atoms with Crippen LogP contribution in [-0.4, -0.2) is 37.9 Å². The van der Waals surface area contributed by atoms with Crippen molar-refractivity contribution in [1.82, 2.24) is 0 Å². The molecule has 250 valence electrons. The van der Waals surface area contributed by atoms with Gasteiger partial charge in [-0.05, 0) is 30.7 Å². The Morgan fingerprint density at radius 2 is 1.50 bits per heavy atom. The number of hydrogen-bond acceptors (Lipinski definition) is 7. The Morgan fingerprint density at radius 3 is 2.15 bits per heavy atom. The minimum atomic E-state index is -4.40. The summed E-state index contributed by atoms with van der Waals surface area (Å²) in [5.74, 6) is 1.76. The lowest BCUT2D eigenvalue weighted by Gasteiger charge is -2.20. The second kappa shape index (κ2) is 19.7. The number of aromatic nitrogens is 1. The number of benzene rings is 3. The normalized spacial score (nSPS) is 13.4. The predicted molar refractivity (Wildman–Crippen MR) is 184 cm³/mol. The zero-order valence-electron chi connectivity index (χ0n) is 27.2. The molecule has 0 bridgehead atoms. The maximum absolute atomic E-state index is 12.7. The molecule has 4 rings (SSSR count). The molecule has 1 heterocycles. The fraction of sp³-hybridized carbons (Fsp3) is 0.472. The lowest BCUT2D eigenvalue weighted by Crippen LogP contribution is -2.30. The second-order valence-electron chi connectivity index (χ2n) is 11.5. The Kier molecular flexibility index (Phi) is 15.3. The molecule has 0 aliphatic rings. The number of nitrogens with zero attached hydrogens (tertiary/aromatic N) is 1. The van der Waals surface area contributed by atoms with Crippen LogP contribution in [0.5, 0.6) is 17.2 Å². The van der Waals surface area contributed by atoms with E-state index in [-0.39, 0.29) is 19.0 Å². The van der Waals surface area contributed by atoms with Crippen LogP contribution in [0.4, 0.5) is 0 Å². The van der Waals surface area contributed by atoms with Gasteiger partial charge in [0.25, 0.3) is 0 Å². The maximum atomic E-state index is 12.7. The average Bonchev–Trinajstić information content (AvgIpc) is 3.57. The van der Waals surface area contributed by atoms with Gasteiger partial charge < -0.3 is 18.7 Å². The summed E-state index contributed by atoms with van der Waals surface area (Å²) in [4.78, 5) is 10.4. The van der Waals surface area contributed by atoms with Gasteiger partial charge in [-0.3, -0.25) is 9.42 Å². The number of methoxy groups -OCH3 is 1. The monoisotopic (exact) mass is 670 g/mol. The van der Waals surface area contributed by atoms with Crippen LogP contribution < -0.4 is 18.6 Å². The van der Waals surface area contributed by atoms with Crippen molar-refractivity contribution >= 4 is 29.9 Å². The largest absolute Gasteiger partial charge is 0.527 e. The maximum Gasteiger partial charge on any atom is 0.527 e. The molecule has 0 radical (unpaired) electrons. The van der Waals surface area contributed by atoms with E-state index in [4.69, 9.17) is 23.3 Å². The molecule has 0 aliphatic heterocycles. The van der Waals surface area contributed by atoms with E-state index in [2.05, 4.69) is 6.92 Å². The highest BCUT2D eigenvalue weighted by Gasteiger charge is 2.26. The average molecular weight is 671 g/mol. The van der Waals surface area contributed by atoms with Gasteiger partial charge in [0.1, 0.15) is 30.0 Å². The molecule has 4 aromatic rings. The number of thiazole rings is 1. The third-order valence-electron chi connectivity index (χ3n) is 7.79. The van der Waals surface area contributed by atoms with Crippen molar-refractivity contribution < 1.29 is 37.3 Å². The van der Waals surface area contributed by atoms with E-state index in [0.29, 0.717) is 18.9 Å². The number of rotatable bonds is 23. The van der Waals surface area contributed by atoms with Gasteiger partial charge >= 0.3 is 7.82 Å². The fourth-order valence-electron chi connectivity index (χ4n) is 5.23. The number of phosphoric ester groups is 1. The van der Waals surface area contributed by atoms with Crippen LogP contribution in [0.15, 0.2) is 77.8 Å². The van der Waals surface area contributed by atoms with Gasteiger partial charge in [-0.2, -0.15) is 4.57 Å². The summed E-state index contributed by atoms with van der Waals surface area (Å²) in [6.07, 6.45) is 14.3. The summed E-state index contributed by atoms with van der Waals surface area (Å²) in [6.45, 7) is 3.50. The van der Waals surface area contributed by atoms with E-state index in [1.807, 2.05) is 64.1 Å². The molecule has 46 heavy (non-hydrogen) atoms. The van der Waals surface area contributed by atoms with Gasteiger partial charge in [0.2, 0.25) is 5.51 Å². The third-order valence-corrected chi connectivity index (χ3v) is 9.38. The molecule has 0 spiro atoms. The second-order valence-corrected chi connectivity index (χ2v) is 13.6. The van der Waals surface area contributed by atoms with E-state index in [0.717, 1.165) is 28.5 Å². The number of phosphoric acid groups is 1. The van der Waals surface area contributed by atoms with Crippen molar-refractivity contribution in [2.45, 2.75) is 83.8 Å². The molecule has 8 nitrogen and oxygen atoms in total. The molecule has 2 atom stereocenters. The van der Waals surface area contributed by atoms with Gasteiger partial charge in [-0.25, -0.2) is 4.57 Å². The van der Waals surface area contributed by atoms with Crippen molar-refractivity contribution in [2.75, 3.05) is 26.9 Å². The highest BCUT2D eigenvalue weighted by atomic mass is 32.1. The molecular formula is C36H49NO7PS+. The first-order valence-corrected chi connectivity index (χ1v) is 18.9. The summed E-state index contributed by atoms with van der Waals surface area (Å²) in [5.41, 5.74) is 2.93. The quantitative estimate of drug-likeness (QED) is 0.0479. The number of ether oxygens (including phenoxy) is 3. The van der Waals surface area contributed by atoms with Crippen LogP contribution in [0.2, 0.25) is 0 Å². The Hall–Kier alpha value is -2.94. The van der Waals surface area contributed by atoms with Crippen LogP contribution in [-0.2, 0) is 20.4 Å². The summed E-state index contributed by atoms with van der Waals surface area (Å²) < 4.78 is 43.2. The number of fused-ring (bicyclic) bond motifs is 1. The van der Waals surface area contributed by atoms with Crippen LogP contribution in [0.3, 0.4) is 0 Å². The minimum Gasteiger partial charge on any atom is -0.493 e. The van der Waals surface area contributed by atoms with E-state index in [9.17, 15) is 9.46 Å². The molecule has 2 unspecified atom stereocenters. The van der Waals surface area contributed by atoms with Crippen molar-refractivity contribution in [3.63, 3.8) is 0 Å². The number of unbranched alkanes of at least 4 members (excludes halogenated alkanes) is 9. The van der Waals surface area contributed by atoms with Crippen molar-refractivity contribution in [1.29, 1.82) is 0 Å². The lowest BCUT2D eigenvalue weighted by molar-refractivity contribution is -0.683. The Bertz CT molecular complexity index is 1480. The molecule has 0 amide bonds. The SMILES string of the molecule is CCCCCCCCCCCCOc1ccc(OCC(COP(=O)(O)Oc2cccc(C[n+]3ccsc3)c2)OC)c2ccccc12. The molecule has 0 saturated heterocycles. The first-order valence-electron chi connectivity index (χ1n) is 16.4. The van der Waals surface area contributed by atoms with E-state index < -0.39 is 13.9 Å². The van der Waals surface area contributed by atoms with Crippen LogP contribution >= 0.6 is 19.2 Å². The van der Waals surface area contributed by atoms with E-state index in [1.54, 1.807) is 29.5 Å². The molecule has 0 saturated carbocycles. The molecule has 3 aromatic carbocycles. The van der Waals surface area contributed by atoms with E-state index >= 15 is 0 Å². The summed E-state index contributed by atoms with van der Waals surface area (Å²) in [6, 6.07) is 18.9. The third kappa shape index (κ3) is 12.3. The minimum absolute atomic E-state index is 0.118. The Balaban J connectivity index is 1.22. The Labute approximate surface area is 277 Å². The first kappa shape index (κ1) is 35.9. The van der Waals surface area contributed by atoms with Crippen molar-refractivity contribution in [2.24, 2.45) is 0 Å². The van der Waals surface area contributed by atoms with Crippen LogP contribution in [0.25, 0.3) is 10.8 Å². The molecule has 1 aromatic heterocycles. The van der Waals surface area contributed by atoms with Crippen molar-refractivity contribution in [3.05, 3.63) is 83.3 Å². The van der Waals surface area contributed by atoms with Gasteiger partial charge in [0, 0.05) is 23.4 Å². The molecular weight excluding hydrogens is 621 g/mol. The zero-order chi connectivity index (χ0) is 32.5. The molecule has 0 fully saturated rings. The predicted octanol–water partition coefficient (Wildman–Crippen LogP) is 9.13. The van der Waals surface area contributed by atoms with Crippen LogP contribution in [0.1, 0.15) is 76.7 Å². The highest BCUT2D eigenvalue weighted by Crippen LogP contribution is 2.44. The highest BCUT2D eigenvalue weighted by molar-refractivity contribution is 7.47. The van der Waals surface area contributed by atoms with Gasteiger partial charge in [-0.15, -0.1) is 0 Å². The summed E-state index contributed by atoms with van der Waals surface area (Å²) in [5, 5.41) is 3.89. The first-order chi connectivity index (χ1) is 22.5. The summed E-state index contributed by atoms with van der Waals surface area (Å²) in [7, 11) is -2.89. The molecule has 10 heteroatoms. The smallest absolute Gasteiger partial charge is 0.493 e. The lowest BCUT2D eigenvalue weighted by atomic mass is 10.1. The van der Waals surface area contributed by atoms with Gasteiger partial charge in [-0.1, -0.05) is 112 Å². The van der Waals surface area contributed by atoms with Crippen molar-refractivity contribution in [3.8, 4) is 17.2 Å². The van der Waals surface area contributed by atoms with Gasteiger partial charge in [0.15, 0.2) is 12.7 Å². The van der Waals surface area contributed by atoms with Gasteiger partial charge in [0.05, 0.1) is 18.6 Å². The standard InChI is InChI=1S/C36H48NO7PS/c1-3-4-5-6-7-8-9-10-11-14-23-41-35-20-21-36(34-19-13-12-18-33(34)35)42-27-32(40-2)28-43-45(38,39)44-31-17-15-16-30(25-31)26-37-22-24-46-29-37/h12-13,15-22,24-25,29,32H,3-11,14,23,26-28H2,1-2H3/p+1. The summed E-state index contributed by atoms with van der Waals surface area (Å²) >= 11 is 1.59. The zero-order valence-corrected chi connectivity index (χ0v) is 28.9. The topological polar surface area (TPSA) is 87.3 Å².